The summed E-state index contributed by atoms with van der Waals surface area (Å²) in [5.74, 6) is 0.920. The highest BCUT2D eigenvalue weighted by molar-refractivity contribution is 5.95. The van der Waals surface area contributed by atoms with Crippen molar-refractivity contribution in [2.75, 3.05) is 56.2 Å². The average Bonchev–Trinajstić information content (AvgIpc) is 3.45. The first-order valence-electron chi connectivity index (χ1n) is 11.5. The molecule has 0 saturated carbocycles. The van der Waals surface area contributed by atoms with Gasteiger partial charge in [0.1, 0.15) is 30.5 Å². The number of ether oxygens (including phenoxy) is 1. The van der Waals surface area contributed by atoms with Crippen LogP contribution in [0.4, 0.5) is 20.6 Å². The lowest BCUT2D eigenvalue weighted by Gasteiger charge is -2.36. The number of halogens is 1. The van der Waals surface area contributed by atoms with Crippen LogP contribution < -0.4 is 15.1 Å². The van der Waals surface area contributed by atoms with E-state index >= 15 is 4.39 Å². The van der Waals surface area contributed by atoms with Crippen LogP contribution in [0, 0.1) is 5.82 Å². The van der Waals surface area contributed by atoms with E-state index in [9.17, 15) is 9.59 Å². The van der Waals surface area contributed by atoms with Crippen LogP contribution in [0.15, 0.2) is 39.9 Å². The highest BCUT2D eigenvalue weighted by Crippen LogP contribution is 2.28. The highest BCUT2D eigenvalue weighted by Gasteiger charge is 2.33. The fourth-order valence-corrected chi connectivity index (χ4v) is 4.22. The van der Waals surface area contributed by atoms with Gasteiger partial charge < -0.3 is 24.2 Å². The summed E-state index contributed by atoms with van der Waals surface area (Å²) in [5.41, 5.74) is 1.61. The van der Waals surface area contributed by atoms with Gasteiger partial charge >= 0.3 is 6.09 Å². The lowest BCUT2D eigenvalue weighted by molar-refractivity contribution is -0.119. The molecule has 0 spiro atoms. The molecule has 0 unspecified atom stereocenters. The Balaban J connectivity index is 1.32. The zero-order chi connectivity index (χ0) is 24.9. The summed E-state index contributed by atoms with van der Waals surface area (Å²) in [6.45, 7) is 7.20. The van der Waals surface area contributed by atoms with Crippen molar-refractivity contribution in [3.63, 3.8) is 0 Å². The van der Waals surface area contributed by atoms with E-state index in [1.54, 1.807) is 12.1 Å². The van der Waals surface area contributed by atoms with E-state index in [4.69, 9.17) is 14.0 Å². The molecule has 0 radical (unpaired) electrons. The first-order valence-corrected chi connectivity index (χ1v) is 11.5. The molecule has 3 heterocycles. The summed E-state index contributed by atoms with van der Waals surface area (Å²) >= 11 is 0. The largest absolute Gasteiger partial charge is 0.458 e. The number of hydrogen-bond acceptors (Lipinski definition) is 8. The molecule has 2 saturated heterocycles. The summed E-state index contributed by atoms with van der Waals surface area (Å²) in [6, 6.07) is 8.59. The van der Waals surface area contributed by atoms with Gasteiger partial charge in [0, 0.05) is 33.1 Å². The minimum Gasteiger partial charge on any atom is -0.458 e. The Labute approximate surface area is 203 Å². The lowest BCUT2D eigenvalue weighted by atomic mass is 10.2. The number of hydrogen-bond donors (Lipinski definition) is 1. The van der Waals surface area contributed by atoms with Crippen LogP contribution in [0.5, 0.6) is 0 Å². The fourth-order valence-electron chi connectivity index (χ4n) is 4.22. The van der Waals surface area contributed by atoms with Gasteiger partial charge in [0.15, 0.2) is 5.76 Å². The average molecular weight is 488 g/mol. The van der Waals surface area contributed by atoms with E-state index in [1.165, 1.54) is 25.0 Å². The zero-order valence-electron chi connectivity index (χ0n) is 20.1. The molecule has 2 aliphatic heterocycles. The molecule has 188 valence electrons. The molecule has 1 N–H and O–H groups in total. The van der Waals surface area contributed by atoms with Crippen molar-refractivity contribution in [2.45, 2.75) is 26.5 Å². The number of benzene rings is 1. The highest BCUT2D eigenvalue weighted by atomic mass is 19.1. The second-order valence-electron chi connectivity index (χ2n) is 8.58. The fraction of sp³-hybridized carbons (Fsp3) is 0.458. The molecule has 2 fully saturated rings. The maximum absolute atomic E-state index is 15.0. The molecule has 1 aromatic heterocycles. The van der Waals surface area contributed by atoms with Crippen molar-refractivity contribution in [1.82, 2.24) is 10.2 Å². The van der Waals surface area contributed by atoms with Gasteiger partial charge in [-0.05, 0) is 37.3 Å². The van der Waals surface area contributed by atoms with Gasteiger partial charge in [-0.15, -0.1) is 0 Å². The molecule has 0 aliphatic carbocycles. The molecule has 10 nitrogen and oxygen atoms in total. The second-order valence-corrected chi connectivity index (χ2v) is 8.58. The number of amides is 2. The first kappa shape index (κ1) is 24.5. The van der Waals surface area contributed by atoms with Crippen molar-refractivity contribution < 1.29 is 28.0 Å². The third-order valence-corrected chi connectivity index (χ3v) is 6.03. The van der Waals surface area contributed by atoms with Crippen LogP contribution >= 0.6 is 0 Å². The Morgan fingerprint density at radius 1 is 1.20 bits per heavy atom. The topological polar surface area (TPSA) is 99.9 Å². The molecule has 1 atom stereocenters. The standard InChI is InChI=1S/C24H30FN5O5/c1-16(27-33-3)23-7-5-19(34-23)14-28-8-10-29(11-9-28)22-6-4-18(12-21(22)25)30-15-20(35-24(30)32)13-26-17(2)31/h4-7,12,20H,8-11,13-15H2,1-3H3,(H,26,31)/b27-16+/t20-/m0/s1. The van der Waals surface area contributed by atoms with Crippen LogP contribution in [0.1, 0.15) is 25.4 Å². The Bertz CT molecular complexity index is 1100. The number of rotatable bonds is 8. The van der Waals surface area contributed by atoms with Crippen molar-refractivity contribution in [3.05, 3.63) is 47.7 Å². The maximum Gasteiger partial charge on any atom is 0.414 e. The van der Waals surface area contributed by atoms with E-state index in [2.05, 4.69) is 15.4 Å². The molecular formula is C24H30FN5O5. The summed E-state index contributed by atoms with van der Waals surface area (Å²) in [6.07, 6.45) is -1.02. The van der Waals surface area contributed by atoms with Gasteiger partial charge in [-0.3, -0.25) is 14.6 Å². The number of oxime groups is 1. The number of carbonyl (C=O) groups excluding carboxylic acids is 2. The van der Waals surface area contributed by atoms with E-state index in [0.29, 0.717) is 42.5 Å². The van der Waals surface area contributed by atoms with Gasteiger partial charge in [-0.2, -0.15) is 0 Å². The molecular weight excluding hydrogens is 457 g/mol. The first-order chi connectivity index (χ1) is 16.8. The van der Waals surface area contributed by atoms with Crippen LogP contribution in [0.25, 0.3) is 0 Å². The number of carbonyl (C=O) groups is 2. The second kappa shape index (κ2) is 10.8. The van der Waals surface area contributed by atoms with Gasteiger partial charge in [0.05, 0.1) is 31.0 Å². The molecule has 1 aromatic carbocycles. The van der Waals surface area contributed by atoms with E-state index in [1.807, 2.05) is 24.0 Å². The van der Waals surface area contributed by atoms with Gasteiger partial charge in [-0.1, -0.05) is 5.16 Å². The minimum absolute atomic E-state index is 0.199. The molecule has 35 heavy (non-hydrogen) atoms. The van der Waals surface area contributed by atoms with Crippen LogP contribution in [0.3, 0.4) is 0 Å². The number of furan rings is 1. The zero-order valence-corrected chi connectivity index (χ0v) is 20.1. The number of nitrogens with zero attached hydrogens (tertiary/aromatic N) is 4. The van der Waals surface area contributed by atoms with E-state index in [0.717, 1.165) is 18.8 Å². The Kier molecular flexibility index (Phi) is 7.54. The molecule has 0 bridgehead atoms. The Morgan fingerprint density at radius 3 is 2.66 bits per heavy atom. The lowest BCUT2D eigenvalue weighted by Crippen LogP contribution is -2.46. The van der Waals surface area contributed by atoms with Crippen LogP contribution in [-0.4, -0.2) is 75.1 Å². The van der Waals surface area contributed by atoms with Crippen molar-refractivity contribution in [3.8, 4) is 0 Å². The summed E-state index contributed by atoms with van der Waals surface area (Å²) in [4.78, 5) is 33.7. The maximum atomic E-state index is 15.0. The minimum atomic E-state index is -0.550. The van der Waals surface area contributed by atoms with Crippen molar-refractivity contribution >= 4 is 29.1 Å². The van der Waals surface area contributed by atoms with E-state index < -0.39 is 18.0 Å². The number of anilines is 2. The van der Waals surface area contributed by atoms with E-state index in [-0.39, 0.29) is 19.0 Å². The quantitative estimate of drug-likeness (QED) is 0.451. The number of cyclic esters (lactones) is 1. The van der Waals surface area contributed by atoms with Crippen LogP contribution in [0.2, 0.25) is 0 Å². The monoisotopic (exact) mass is 487 g/mol. The van der Waals surface area contributed by atoms with Gasteiger partial charge in [0.2, 0.25) is 5.91 Å². The number of piperazine rings is 1. The van der Waals surface area contributed by atoms with Crippen molar-refractivity contribution in [1.29, 1.82) is 0 Å². The SMILES string of the molecule is CO/N=C(\C)c1ccc(CN2CCN(c3ccc(N4C[C@H](CNC(C)=O)OC4=O)cc3F)CC2)o1. The summed E-state index contributed by atoms with van der Waals surface area (Å²) in [7, 11) is 1.50. The van der Waals surface area contributed by atoms with Gasteiger partial charge in [-0.25, -0.2) is 9.18 Å². The third kappa shape index (κ3) is 5.91. The summed E-state index contributed by atoms with van der Waals surface area (Å²) in [5, 5.41) is 6.51. The number of nitrogens with one attached hydrogen (secondary N) is 1. The smallest absolute Gasteiger partial charge is 0.414 e. The van der Waals surface area contributed by atoms with Crippen LogP contribution in [-0.2, 0) is 20.9 Å². The Hall–Kier alpha value is -3.60. The molecule has 4 rings (SSSR count). The third-order valence-electron chi connectivity index (χ3n) is 6.03. The molecule has 11 heteroatoms. The van der Waals surface area contributed by atoms with Crippen molar-refractivity contribution in [2.24, 2.45) is 5.16 Å². The molecule has 2 aliphatic rings. The molecule has 2 aromatic rings. The summed E-state index contributed by atoms with van der Waals surface area (Å²) < 4.78 is 26.1. The molecule has 2 amide bonds. The Morgan fingerprint density at radius 2 is 1.97 bits per heavy atom. The predicted octanol–water partition coefficient (Wildman–Crippen LogP) is 2.57. The predicted molar refractivity (Wildman–Crippen MR) is 128 cm³/mol. The normalized spacial score (nSPS) is 19.1. The van der Waals surface area contributed by atoms with Gasteiger partial charge in [0.25, 0.3) is 0 Å².